The molecule has 5 nitrogen and oxygen atoms in total. The van der Waals surface area contributed by atoms with Gasteiger partial charge in [-0.25, -0.2) is 4.98 Å². The van der Waals surface area contributed by atoms with Crippen molar-refractivity contribution in [3.05, 3.63) is 11.1 Å². The van der Waals surface area contributed by atoms with Gasteiger partial charge < -0.3 is 14.5 Å². The molecule has 3 rings (SSSR count). The third kappa shape index (κ3) is 2.74. The van der Waals surface area contributed by atoms with Gasteiger partial charge in [0, 0.05) is 38.2 Å². The first kappa shape index (κ1) is 12.9. The largest absolute Gasteiger partial charge is 0.368 e. The van der Waals surface area contributed by atoms with Crippen LogP contribution in [0.25, 0.3) is 0 Å². The smallest absolute Gasteiger partial charge is 0.251 e. The maximum absolute atomic E-state index is 12.2. The minimum Gasteiger partial charge on any atom is -0.368 e. The van der Waals surface area contributed by atoms with Gasteiger partial charge >= 0.3 is 0 Å². The second-order valence-electron chi connectivity index (χ2n) is 5.09. The van der Waals surface area contributed by atoms with Crippen molar-refractivity contribution in [2.45, 2.75) is 25.9 Å². The van der Waals surface area contributed by atoms with E-state index in [1.165, 1.54) is 0 Å². The van der Waals surface area contributed by atoms with E-state index in [2.05, 4.69) is 15.3 Å². The Balaban J connectivity index is 1.55. The number of piperazine rings is 1. The molecule has 0 bridgehead atoms. The Morgan fingerprint density at radius 2 is 2.21 bits per heavy atom. The van der Waals surface area contributed by atoms with Gasteiger partial charge in [-0.3, -0.25) is 4.79 Å². The molecule has 0 spiro atoms. The Labute approximate surface area is 117 Å². The number of anilines is 1. The Morgan fingerprint density at radius 3 is 2.79 bits per heavy atom. The summed E-state index contributed by atoms with van der Waals surface area (Å²) in [6, 6.07) is 0. The number of rotatable bonds is 2. The molecular weight excluding hydrogens is 262 g/mol. The highest BCUT2D eigenvalue weighted by molar-refractivity contribution is 7.13. The first-order valence-electron chi connectivity index (χ1n) is 6.81. The SMILES string of the molecule is Cc1csc(N2CCN(C(=O)C3CCCO3)CC2)n1. The summed E-state index contributed by atoms with van der Waals surface area (Å²) in [5.41, 5.74) is 1.07. The summed E-state index contributed by atoms with van der Waals surface area (Å²) in [6.45, 7) is 6.03. The maximum Gasteiger partial charge on any atom is 0.251 e. The molecule has 0 radical (unpaired) electrons. The average Bonchev–Trinajstić information content (AvgIpc) is 3.09. The van der Waals surface area contributed by atoms with Crippen molar-refractivity contribution in [2.75, 3.05) is 37.7 Å². The number of thiazole rings is 1. The fourth-order valence-electron chi connectivity index (χ4n) is 2.58. The molecule has 0 aromatic carbocycles. The van der Waals surface area contributed by atoms with Crippen LogP contribution in [0, 0.1) is 6.92 Å². The Bertz CT molecular complexity index is 448. The van der Waals surface area contributed by atoms with Gasteiger partial charge in [0.15, 0.2) is 5.13 Å². The molecule has 2 aliphatic rings. The van der Waals surface area contributed by atoms with Crippen LogP contribution >= 0.6 is 11.3 Å². The number of hydrogen-bond acceptors (Lipinski definition) is 5. The van der Waals surface area contributed by atoms with E-state index in [-0.39, 0.29) is 12.0 Å². The number of amides is 1. The quantitative estimate of drug-likeness (QED) is 0.819. The van der Waals surface area contributed by atoms with Gasteiger partial charge in [-0.05, 0) is 19.8 Å². The van der Waals surface area contributed by atoms with Crippen molar-refractivity contribution in [1.82, 2.24) is 9.88 Å². The Kier molecular flexibility index (Phi) is 3.70. The molecule has 2 aliphatic heterocycles. The van der Waals surface area contributed by atoms with E-state index in [1.54, 1.807) is 11.3 Å². The molecule has 19 heavy (non-hydrogen) atoms. The normalized spacial score (nSPS) is 23.9. The molecule has 0 saturated carbocycles. The van der Waals surface area contributed by atoms with Crippen LogP contribution in [0.1, 0.15) is 18.5 Å². The van der Waals surface area contributed by atoms with Gasteiger partial charge in [-0.2, -0.15) is 0 Å². The standard InChI is InChI=1S/C13H19N3O2S/c1-10-9-19-13(14-10)16-6-4-15(5-7-16)12(17)11-3-2-8-18-11/h9,11H,2-8H2,1H3. The second-order valence-corrected chi connectivity index (χ2v) is 5.92. The van der Waals surface area contributed by atoms with Crippen LogP contribution in [-0.2, 0) is 9.53 Å². The van der Waals surface area contributed by atoms with Crippen LogP contribution < -0.4 is 4.90 Å². The maximum atomic E-state index is 12.2. The summed E-state index contributed by atoms with van der Waals surface area (Å²) in [6.07, 6.45) is 1.70. The first-order valence-corrected chi connectivity index (χ1v) is 7.69. The predicted octanol–water partition coefficient (Wildman–Crippen LogP) is 1.28. The molecule has 2 saturated heterocycles. The summed E-state index contributed by atoms with van der Waals surface area (Å²) in [5, 5.41) is 3.14. The molecule has 6 heteroatoms. The fraction of sp³-hybridized carbons (Fsp3) is 0.692. The number of carbonyl (C=O) groups excluding carboxylic acids is 1. The zero-order valence-corrected chi connectivity index (χ0v) is 12.0. The lowest BCUT2D eigenvalue weighted by Gasteiger charge is -2.35. The van der Waals surface area contributed by atoms with Gasteiger partial charge in [0.05, 0.1) is 5.69 Å². The lowest BCUT2D eigenvalue weighted by atomic mass is 10.2. The minimum atomic E-state index is -0.186. The van der Waals surface area contributed by atoms with Crippen molar-refractivity contribution in [3.63, 3.8) is 0 Å². The number of nitrogens with zero attached hydrogens (tertiary/aromatic N) is 3. The fourth-order valence-corrected chi connectivity index (χ4v) is 3.44. The van der Waals surface area contributed by atoms with Crippen molar-refractivity contribution in [2.24, 2.45) is 0 Å². The summed E-state index contributed by atoms with van der Waals surface area (Å²) in [5.74, 6) is 0.174. The number of ether oxygens (including phenoxy) is 1. The predicted molar refractivity (Wildman–Crippen MR) is 74.6 cm³/mol. The Hall–Kier alpha value is -1.14. The third-order valence-corrected chi connectivity index (χ3v) is 4.69. The topological polar surface area (TPSA) is 45.7 Å². The first-order chi connectivity index (χ1) is 9.24. The third-order valence-electron chi connectivity index (χ3n) is 3.67. The highest BCUT2D eigenvalue weighted by atomic mass is 32.1. The van der Waals surface area contributed by atoms with Gasteiger partial charge in [0.1, 0.15) is 6.10 Å². The average molecular weight is 281 g/mol. The summed E-state index contributed by atoms with van der Waals surface area (Å²) >= 11 is 1.68. The van der Waals surface area contributed by atoms with E-state index in [1.807, 2.05) is 11.8 Å². The molecule has 1 aromatic heterocycles. The van der Waals surface area contributed by atoms with Gasteiger partial charge in [0.2, 0.25) is 0 Å². The summed E-state index contributed by atoms with van der Waals surface area (Å²) < 4.78 is 5.47. The lowest BCUT2D eigenvalue weighted by Crippen LogP contribution is -2.51. The van der Waals surface area contributed by atoms with Crippen LogP contribution in [-0.4, -0.2) is 54.7 Å². The number of aromatic nitrogens is 1. The van der Waals surface area contributed by atoms with Crippen LogP contribution in [0.2, 0.25) is 0 Å². The van der Waals surface area contributed by atoms with Crippen molar-refractivity contribution >= 4 is 22.4 Å². The minimum absolute atomic E-state index is 0.174. The molecule has 1 atom stereocenters. The van der Waals surface area contributed by atoms with E-state index < -0.39 is 0 Å². The van der Waals surface area contributed by atoms with Crippen molar-refractivity contribution < 1.29 is 9.53 Å². The van der Waals surface area contributed by atoms with E-state index >= 15 is 0 Å². The van der Waals surface area contributed by atoms with Crippen molar-refractivity contribution in [3.8, 4) is 0 Å². The molecular formula is C13H19N3O2S. The van der Waals surface area contributed by atoms with Crippen LogP contribution in [0.3, 0.4) is 0 Å². The highest BCUT2D eigenvalue weighted by Crippen LogP contribution is 2.22. The molecule has 0 aliphatic carbocycles. The van der Waals surface area contributed by atoms with E-state index in [4.69, 9.17) is 4.74 Å². The molecule has 1 amide bonds. The van der Waals surface area contributed by atoms with Gasteiger partial charge in [0.25, 0.3) is 5.91 Å². The highest BCUT2D eigenvalue weighted by Gasteiger charge is 2.30. The summed E-state index contributed by atoms with van der Waals surface area (Å²) in [4.78, 5) is 20.9. The van der Waals surface area contributed by atoms with E-state index in [0.29, 0.717) is 0 Å². The Morgan fingerprint density at radius 1 is 1.42 bits per heavy atom. The van der Waals surface area contributed by atoms with Gasteiger partial charge in [-0.15, -0.1) is 11.3 Å². The zero-order chi connectivity index (χ0) is 13.2. The number of carbonyl (C=O) groups is 1. The molecule has 1 aromatic rings. The number of aryl methyl sites for hydroxylation is 1. The summed E-state index contributed by atoms with van der Waals surface area (Å²) in [7, 11) is 0. The van der Waals surface area contributed by atoms with E-state index in [9.17, 15) is 4.79 Å². The second kappa shape index (κ2) is 5.46. The van der Waals surface area contributed by atoms with Crippen LogP contribution in [0.15, 0.2) is 5.38 Å². The van der Waals surface area contributed by atoms with Gasteiger partial charge in [-0.1, -0.05) is 0 Å². The molecule has 2 fully saturated rings. The monoisotopic (exact) mass is 281 g/mol. The molecule has 3 heterocycles. The van der Waals surface area contributed by atoms with Crippen LogP contribution in [0.5, 0.6) is 0 Å². The molecule has 1 unspecified atom stereocenters. The van der Waals surface area contributed by atoms with Crippen LogP contribution in [0.4, 0.5) is 5.13 Å². The van der Waals surface area contributed by atoms with E-state index in [0.717, 1.165) is 56.5 Å². The van der Waals surface area contributed by atoms with Crippen molar-refractivity contribution in [1.29, 1.82) is 0 Å². The molecule has 104 valence electrons. The molecule has 0 N–H and O–H groups in total. The lowest BCUT2D eigenvalue weighted by molar-refractivity contribution is -0.141. The number of hydrogen-bond donors (Lipinski definition) is 0. The zero-order valence-electron chi connectivity index (χ0n) is 11.2.